The molecular weight excluding hydrogens is 387 g/mol. The van der Waals surface area contributed by atoms with Crippen molar-refractivity contribution in [3.05, 3.63) is 52.1 Å². The van der Waals surface area contributed by atoms with Gasteiger partial charge in [-0.25, -0.2) is 5.57 Å². The van der Waals surface area contributed by atoms with Gasteiger partial charge in [-0.2, -0.15) is 11.1 Å². The van der Waals surface area contributed by atoms with Gasteiger partial charge in [0.1, 0.15) is 0 Å². The summed E-state index contributed by atoms with van der Waals surface area (Å²) >= 11 is 0. The fourth-order valence-corrected chi connectivity index (χ4v) is 2.64. The minimum absolute atomic E-state index is 0. The Hall–Kier alpha value is -0.206. The number of benzene rings is 1. The van der Waals surface area contributed by atoms with Crippen molar-refractivity contribution in [3.63, 3.8) is 0 Å². The molecule has 4 heteroatoms. The largest absolute Gasteiger partial charge is 4.00 e. The van der Waals surface area contributed by atoms with Crippen molar-refractivity contribution in [2.75, 3.05) is 0 Å². The second-order valence-electron chi connectivity index (χ2n) is 6.87. The van der Waals surface area contributed by atoms with E-state index in [0.717, 1.165) is 11.1 Å². The maximum absolute atomic E-state index is 11.9. The van der Waals surface area contributed by atoms with Crippen LogP contribution in [0.1, 0.15) is 78.4 Å². The summed E-state index contributed by atoms with van der Waals surface area (Å²) in [6, 6.07) is 5.84. The molecule has 0 N–H and O–H groups in total. The van der Waals surface area contributed by atoms with Crippen molar-refractivity contribution in [2.24, 2.45) is 5.92 Å². The van der Waals surface area contributed by atoms with Gasteiger partial charge in [0, 0.05) is 0 Å². The number of allylic oxidation sites excluding steroid dienone is 4. The zero-order valence-corrected chi connectivity index (χ0v) is 19.7. The van der Waals surface area contributed by atoms with E-state index in [4.69, 9.17) is 0 Å². The van der Waals surface area contributed by atoms with Crippen LogP contribution in [0.25, 0.3) is 0 Å². The fourth-order valence-electron chi connectivity index (χ4n) is 2.64. The first-order chi connectivity index (χ1) is 10.2. The van der Waals surface area contributed by atoms with Crippen LogP contribution in [0.3, 0.4) is 0 Å². The Labute approximate surface area is 182 Å². The molecule has 0 fully saturated rings. The average molecular weight is 417 g/mol. The van der Waals surface area contributed by atoms with Gasteiger partial charge in [0.2, 0.25) is 0 Å². The maximum Gasteiger partial charge on any atom is 4.00 e. The van der Waals surface area contributed by atoms with E-state index in [1.54, 1.807) is 0 Å². The Morgan fingerprint density at radius 1 is 0.920 bits per heavy atom. The number of hydrogen-bond acceptors (Lipinski definition) is 1. The molecular formula is C21H30Cl2OTi. The van der Waals surface area contributed by atoms with Gasteiger partial charge < -0.3 is 29.9 Å². The smallest absolute Gasteiger partial charge is 1.00 e. The second kappa shape index (κ2) is 13.0. The molecule has 1 nitrogen and oxygen atoms in total. The first-order valence-corrected chi connectivity index (χ1v) is 8.24. The van der Waals surface area contributed by atoms with E-state index >= 15 is 0 Å². The molecule has 0 amide bonds. The van der Waals surface area contributed by atoms with Crippen molar-refractivity contribution >= 4 is 0 Å². The van der Waals surface area contributed by atoms with E-state index in [1.165, 1.54) is 16.7 Å². The van der Waals surface area contributed by atoms with Gasteiger partial charge in [-0.1, -0.05) is 83.7 Å². The molecule has 0 radical (unpaired) electrons. The molecule has 0 bridgehead atoms. The van der Waals surface area contributed by atoms with Gasteiger partial charge in [0.15, 0.2) is 0 Å². The van der Waals surface area contributed by atoms with Gasteiger partial charge in [-0.3, -0.25) is 6.08 Å². The van der Waals surface area contributed by atoms with Crippen LogP contribution in [-0.2, 0) is 21.7 Å². The van der Waals surface area contributed by atoms with Crippen molar-refractivity contribution in [2.45, 2.75) is 67.2 Å². The van der Waals surface area contributed by atoms with E-state index in [9.17, 15) is 5.11 Å². The normalized spacial score (nSPS) is 15.6. The average Bonchev–Trinajstić information content (AvgIpc) is 2.65. The summed E-state index contributed by atoms with van der Waals surface area (Å²) in [4.78, 5) is 0. The number of rotatable bonds is 2. The Bertz CT molecular complexity index is 563. The summed E-state index contributed by atoms with van der Waals surface area (Å²) in [7, 11) is 0. The van der Waals surface area contributed by atoms with Crippen LogP contribution in [0.4, 0.5) is 0 Å². The minimum atomic E-state index is 0. The van der Waals surface area contributed by atoms with E-state index < -0.39 is 0 Å². The van der Waals surface area contributed by atoms with Crippen LogP contribution in [0.2, 0.25) is 0 Å². The Morgan fingerprint density at radius 2 is 1.32 bits per heavy atom. The van der Waals surface area contributed by atoms with Gasteiger partial charge >= 0.3 is 21.7 Å². The molecule has 138 valence electrons. The summed E-state index contributed by atoms with van der Waals surface area (Å²) in [5.41, 5.74) is 6.12. The Morgan fingerprint density at radius 3 is 1.52 bits per heavy atom. The van der Waals surface area contributed by atoms with Gasteiger partial charge in [0.25, 0.3) is 0 Å². The van der Waals surface area contributed by atoms with Crippen LogP contribution >= 0.6 is 0 Å². The molecule has 1 aromatic carbocycles. The molecule has 25 heavy (non-hydrogen) atoms. The van der Waals surface area contributed by atoms with Crippen molar-refractivity contribution in [3.8, 4) is 5.75 Å². The molecule has 0 spiro atoms. The predicted molar refractivity (Wildman–Crippen MR) is 94.0 cm³/mol. The minimum Gasteiger partial charge on any atom is -1.00 e. The van der Waals surface area contributed by atoms with E-state index in [2.05, 4.69) is 61.5 Å². The van der Waals surface area contributed by atoms with Crippen LogP contribution < -0.4 is 29.9 Å². The molecule has 1 aromatic rings. The molecule has 0 saturated heterocycles. The van der Waals surface area contributed by atoms with Crippen LogP contribution in [0, 0.1) is 12.0 Å². The van der Waals surface area contributed by atoms with Crippen LogP contribution in [0.15, 0.2) is 34.9 Å². The SMILES string of the molecule is CC(C)c1cccc(C(C)C)c1[O-].CC1=[C-]C(C)C(C)=C1C.[Cl-].[Cl-].[Ti+4]. The van der Waals surface area contributed by atoms with E-state index in [-0.39, 0.29) is 52.3 Å². The van der Waals surface area contributed by atoms with Crippen molar-refractivity contribution in [1.82, 2.24) is 0 Å². The first-order valence-electron chi connectivity index (χ1n) is 8.24. The van der Waals surface area contributed by atoms with E-state index in [0.29, 0.717) is 17.8 Å². The summed E-state index contributed by atoms with van der Waals surface area (Å²) in [5, 5.41) is 11.9. The summed E-state index contributed by atoms with van der Waals surface area (Å²) in [5.74, 6) is 1.44. The van der Waals surface area contributed by atoms with Gasteiger partial charge in [0.05, 0.1) is 0 Å². The number of halogens is 2. The van der Waals surface area contributed by atoms with Crippen molar-refractivity contribution in [1.29, 1.82) is 0 Å². The topological polar surface area (TPSA) is 23.1 Å². The molecule has 0 aliphatic heterocycles. The molecule has 2 rings (SSSR count). The summed E-state index contributed by atoms with van der Waals surface area (Å²) in [6.45, 7) is 16.9. The molecule has 0 heterocycles. The number of para-hydroxylation sites is 1. The standard InChI is InChI=1S/C12H18O.C9H13.2ClH.Ti/c1-8(2)10-6-5-7-11(9(3)4)12(10)13;1-6-5-7(2)9(4)8(6)3;;;/h5-9,13H,1-4H3;6H,1-4H3;2*1H;/q;-1;;;+4/p-3. The quantitative estimate of drug-likeness (QED) is 0.481. The molecule has 1 unspecified atom stereocenters. The monoisotopic (exact) mass is 416 g/mol. The third-order valence-electron chi connectivity index (χ3n) is 4.56. The van der Waals surface area contributed by atoms with Crippen LogP contribution in [-0.4, -0.2) is 0 Å². The van der Waals surface area contributed by atoms with Crippen LogP contribution in [0.5, 0.6) is 5.75 Å². The summed E-state index contributed by atoms with van der Waals surface area (Å²) < 4.78 is 0. The fraction of sp³-hybridized carbons (Fsp3) is 0.524. The zero-order chi connectivity index (χ0) is 17.0. The van der Waals surface area contributed by atoms with Gasteiger partial charge in [-0.15, -0.1) is 12.7 Å². The predicted octanol–water partition coefficient (Wildman–Crippen LogP) is -0.266. The zero-order valence-electron chi connectivity index (χ0n) is 16.6. The van der Waals surface area contributed by atoms with E-state index in [1.807, 2.05) is 18.2 Å². The number of hydrogen-bond donors (Lipinski definition) is 0. The molecule has 1 aliphatic rings. The maximum atomic E-state index is 11.9. The molecule has 0 saturated carbocycles. The summed E-state index contributed by atoms with van der Waals surface area (Å²) in [6.07, 6.45) is 3.36. The Kier molecular flexibility index (Phi) is 15.4. The Balaban J connectivity index is -0.000000362. The molecule has 1 aliphatic carbocycles. The molecule has 1 atom stereocenters. The molecule has 0 aromatic heterocycles. The van der Waals surface area contributed by atoms with Gasteiger partial charge in [-0.05, 0) is 11.8 Å². The third kappa shape index (κ3) is 7.91. The first kappa shape index (κ1) is 29.6. The third-order valence-corrected chi connectivity index (χ3v) is 4.56. The second-order valence-corrected chi connectivity index (χ2v) is 6.87. The van der Waals surface area contributed by atoms with Crippen molar-refractivity contribution < 1.29 is 51.6 Å².